The van der Waals surface area contributed by atoms with E-state index in [9.17, 15) is 9.59 Å². The number of likely N-dealkylation sites (tertiary alicyclic amines) is 1. The zero-order valence-corrected chi connectivity index (χ0v) is 11.5. The first kappa shape index (κ1) is 13.8. The van der Waals surface area contributed by atoms with Crippen molar-refractivity contribution in [3.05, 3.63) is 17.0 Å². The molecule has 2 amide bonds. The summed E-state index contributed by atoms with van der Waals surface area (Å²) in [6, 6.07) is 1.26. The van der Waals surface area contributed by atoms with Gasteiger partial charge in [-0.05, 0) is 37.9 Å². The van der Waals surface area contributed by atoms with Gasteiger partial charge in [-0.3, -0.25) is 5.32 Å². The first-order valence-corrected chi connectivity index (χ1v) is 7.01. The normalized spacial score (nSPS) is 19.9. The number of nitrogens with one attached hydrogen (secondary N) is 2. The molecule has 2 rings (SSSR count). The molecule has 0 aromatic carbocycles. The van der Waals surface area contributed by atoms with Gasteiger partial charge in [-0.15, -0.1) is 11.3 Å². The Bertz CT molecular complexity index is 475. The van der Waals surface area contributed by atoms with Crippen molar-refractivity contribution < 1.29 is 14.7 Å². The fraction of sp³-hybridized carbons (Fsp3) is 0.500. The number of rotatable bonds is 3. The van der Waals surface area contributed by atoms with Crippen LogP contribution < -0.4 is 10.6 Å². The molecule has 1 aliphatic heterocycles. The number of hydrogen-bond donors (Lipinski definition) is 3. The molecular weight excluding hydrogens is 266 g/mol. The van der Waals surface area contributed by atoms with Crippen LogP contribution in [0.25, 0.3) is 0 Å². The van der Waals surface area contributed by atoms with E-state index >= 15 is 0 Å². The topological polar surface area (TPSA) is 81.7 Å². The molecule has 1 aromatic rings. The maximum Gasteiger partial charge on any atom is 0.338 e. The molecule has 1 fully saturated rings. The third-order valence-electron chi connectivity index (χ3n) is 3.08. The van der Waals surface area contributed by atoms with Crippen molar-refractivity contribution in [2.75, 3.05) is 25.5 Å². The predicted octanol–water partition coefficient (Wildman–Crippen LogP) is 1.66. The van der Waals surface area contributed by atoms with Crippen molar-refractivity contribution in [1.82, 2.24) is 10.2 Å². The Morgan fingerprint density at radius 3 is 3.00 bits per heavy atom. The van der Waals surface area contributed by atoms with Crippen molar-refractivity contribution in [1.29, 1.82) is 0 Å². The smallest absolute Gasteiger partial charge is 0.338 e. The number of hydrogen-bond acceptors (Lipinski definition) is 4. The summed E-state index contributed by atoms with van der Waals surface area (Å²) < 4.78 is 0. The summed E-state index contributed by atoms with van der Waals surface area (Å²) >= 11 is 1.21. The predicted molar refractivity (Wildman–Crippen MR) is 74.0 cm³/mol. The van der Waals surface area contributed by atoms with Gasteiger partial charge in [-0.25, -0.2) is 9.59 Å². The number of carboxylic acids is 1. The number of likely N-dealkylation sites (N-methyl/N-ethyl adjacent to an activating group) is 1. The van der Waals surface area contributed by atoms with Crippen LogP contribution >= 0.6 is 11.3 Å². The van der Waals surface area contributed by atoms with Crippen molar-refractivity contribution in [3.8, 4) is 0 Å². The minimum atomic E-state index is -1.03. The highest BCUT2D eigenvalue weighted by Gasteiger charge is 2.20. The second-order valence-electron chi connectivity index (χ2n) is 4.67. The molecule has 7 heteroatoms. The summed E-state index contributed by atoms with van der Waals surface area (Å²) in [5.41, 5.74) is 0.126. The molecular formula is C12H17N3O3S. The molecule has 1 aliphatic rings. The Kier molecular flexibility index (Phi) is 4.39. The van der Waals surface area contributed by atoms with Crippen LogP contribution in [0, 0.1) is 0 Å². The average Bonchev–Trinajstić information content (AvgIpc) is 2.76. The van der Waals surface area contributed by atoms with E-state index in [1.807, 2.05) is 7.05 Å². The molecule has 1 atom stereocenters. The molecule has 0 bridgehead atoms. The maximum absolute atomic E-state index is 11.8. The van der Waals surface area contributed by atoms with E-state index in [4.69, 9.17) is 5.11 Å². The molecule has 0 saturated carbocycles. The summed E-state index contributed by atoms with van der Waals surface area (Å²) in [7, 11) is 2.02. The molecule has 1 aromatic heterocycles. The highest BCUT2D eigenvalue weighted by molar-refractivity contribution is 7.14. The highest BCUT2D eigenvalue weighted by Crippen LogP contribution is 2.23. The molecule has 2 heterocycles. The van der Waals surface area contributed by atoms with E-state index in [0.29, 0.717) is 5.00 Å². The highest BCUT2D eigenvalue weighted by atomic mass is 32.1. The number of piperidine rings is 1. The van der Waals surface area contributed by atoms with Gasteiger partial charge in [0.2, 0.25) is 0 Å². The van der Waals surface area contributed by atoms with Gasteiger partial charge in [0.05, 0.1) is 5.56 Å². The van der Waals surface area contributed by atoms with E-state index in [2.05, 4.69) is 15.5 Å². The number of thiophene rings is 1. The van der Waals surface area contributed by atoms with Crippen LogP contribution in [0.2, 0.25) is 0 Å². The fourth-order valence-corrected chi connectivity index (χ4v) is 2.96. The third kappa shape index (κ3) is 3.68. The summed E-state index contributed by atoms with van der Waals surface area (Å²) in [6.07, 6.45) is 2.01. The van der Waals surface area contributed by atoms with E-state index in [-0.39, 0.29) is 17.6 Å². The quantitative estimate of drug-likeness (QED) is 0.788. The number of amides is 2. The maximum atomic E-state index is 11.8. The molecule has 6 nitrogen and oxygen atoms in total. The van der Waals surface area contributed by atoms with E-state index in [0.717, 1.165) is 25.9 Å². The monoisotopic (exact) mass is 283 g/mol. The molecule has 19 heavy (non-hydrogen) atoms. The van der Waals surface area contributed by atoms with Crippen LogP contribution in [0.5, 0.6) is 0 Å². The molecule has 0 spiro atoms. The zero-order valence-electron chi connectivity index (χ0n) is 10.7. The minimum Gasteiger partial charge on any atom is -0.478 e. The van der Waals surface area contributed by atoms with E-state index in [1.54, 1.807) is 5.38 Å². The van der Waals surface area contributed by atoms with Crippen LogP contribution in [-0.2, 0) is 0 Å². The lowest BCUT2D eigenvalue weighted by atomic mass is 10.1. The third-order valence-corrected chi connectivity index (χ3v) is 3.91. The number of nitrogens with zero attached hydrogens (tertiary/aromatic N) is 1. The van der Waals surface area contributed by atoms with Crippen molar-refractivity contribution >= 4 is 28.3 Å². The van der Waals surface area contributed by atoms with Crippen molar-refractivity contribution in [2.24, 2.45) is 0 Å². The lowest BCUT2D eigenvalue weighted by Crippen LogP contribution is -2.47. The number of carboxylic acid groups (broad SMARTS) is 1. The number of anilines is 1. The number of carbonyl (C=O) groups excluding carboxylic acids is 1. The summed E-state index contributed by atoms with van der Waals surface area (Å²) in [5.74, 6) is -1.03. The Morgan fingerprint density at radius 2 is 2.32 bits per heavy atom. The van der Waals surface area contributed by atoms with Gasteiger partial charge >= 0.3 is 12.0 Å². The standard InChI is InChI=1S/C12H17N3O3S/c1-15-5-2-3-8(7-15)13-12(18)14-10-9(11(16)17)4-6-19-10/h4,6,8H,2-3,5,7H2,1H3,(H,16,17)(H2,13,14,18). The van der Waals surface area contributed by atoms with Crippen LogP contribution in [0.3, 0.4) is 0 Å². The second-order valence-corrected chi connectivity index (χ2v) is 5.58. The summed E-state index contributed by atoms with van der Waals surface area (Å²) in [6.45, 7) is 1.87. The van der Waals surface area contributed by atoms with Crippen molar-refractivity contribution in [3.63, 3.8) is 0 Å². The molecule has 0 aliphatic carbocycles. The van der Waals surface area contributed by atoms with Crippen LogP contribution in [-0.4, -0.2) is 48.2 Å². The number of aromatic carboxylic acids is 1. The molecule has 104 valence electrons. The zero-order chi connectivity index (χ0) is 13.8. The molecule has 0 radical (unpaired) electrons. The average molecular weight is 283 g/mol. The Labute approximate surface area is 115 Å². The number of carbonyl (C=O) groups is 2. The summed E-state index contributed by atoms with van der Waals surface area (Å²) in [4.78, 5) is 24.9. The number of urea groups is 1. The summed E-state index contributed by atoms with van der Waals surface area (Å²) in [5, 5.41) is 16.4. The van der Waals surface area contributed by atoms with Crippen LogP contribution in [0.15, 0.2) is 11.4 Å². The van der Waals surface area contributed by atoms with Crippen molar-refractivity contribution in [2.45, 2.75) is 18.9 Å². The molecule has 1 unspecified atom stereocenters. The van der Waals surface area contributed by atoms with E-state index in [1.165, 1.54) is 17.4 Å². The first-order chi connectivity index (χ1) is 9.06. The lowest BCUT2D eigenvalue weighted by Gasteiger charge is -2.30. The van der Waals surface area contributed by atoms with Gasteiger partial charge in [-0.1, -0.05) is 0 Å². The van der Waals surface area contributed by atoms with Gasteiger partial charge in [0, 0.05) is 12.6 Å². The Balaban J connectivity index is 1.90. The largest absolute Gasteiger partial charge is 0.478 e. The molecule has 3 N–H and O–H groups in total. The Hall–Kier alpha value is -1.60. The Morgan fingerprint density at radius 1 is 1.53 bits per heavy atom. The van der Waals surface area contributed by atoms with Gasteiger partial charge in [-0.2, -0.15) is 0 Å². The van der Waals surface area contributed by atoms with E-state index < -0.39 is 5.97 Å². The fourth-order valence-electron chi connectivity index (χ4n) is 2.18. The van der Waals surface area contributed by atoms with Crippen LogP contribution in [0.4, 0.5) is 9.80 Å². The van der Waals surface area contributed by atoms with Gasteiger partial charge < -0.3 is 15.3 Å². The van der Waals surface area contributed by atoms with Gasteiger partial charge in [0.25, 0.3) is 0 Å². The lowest BCUT2D eigenvalue weighted by molar-refractivity contribution is 0.0698. The van der Waals surface area contributed by atoms with Gasteiger partial charge in [0.1, 0.15) is 5.00 Å². The first-order valence-electron chi connectivity index (χ1n) is 6.13. The van der Waals surface area contributed by atoms with Gasteiger partial charge in [0.15, 0.2) is 0 Å². The van der Waals surface area contributed by atoms with Crippen LogP contribution in [0.1, 0.15) is 23.2 Å². The molecule has 1 saturated heterocycles. The SMILES string of the molecule is CN1CCCC(NC(=O)Nc2sccc2C(=O)O)C1. The second kappa shape index (κ2) is 6.03. The minimum absolute atomic E-state index is 0.118.